The minimum absolute atomic E-state index is 0.0387. The molecule has 1 amide bonds. The predicted octanol–water partition coefficient (Wildman–Crippen LogP) is 1.48. The standard InChI is InChI=1S/C14H23N3O2/c1-11-5-6-12(9-13(11)15)16-14(18)10-17(2)7-4-8-19-3/h5-6,9H,4,7-8,10,15H2,1-3H3,(H,16,18). The van der Waals surface area contributed by atoms with Crippen molar-refractivity contribution < 1.29 is 9.53 Å². The number of nitrogens with one attached hydrogen (secondary N) is 1. The van der Waals surface area contributed by atoms with Gasteiger partial charge in [-0.25, -0.2) is 0 Å². The van der Waals surface area contributed by atoms with Crippen molar-refractivity contribution in [3.05, 3.63) is 23.8 Å². The predicted molar refractivity (Wildman–Crippen MR) is 78.2 cm³/mol. The van der Waals surface area contributed by atoms with Crippen LogP contribution in [-0.2, 0) is 9.53 Å². The lowest BCUT2D eigenvalue weighted by atomic mass is 10.2. The summed E-state index contributed by atoms with van der Waals surface area (Å²) in [5, 5.41) is 2.84. The van der Waals surface area contributed by atoms with Crippen LogP contribution < -0.4 is 11.1 Å². The van der Waals surface area contributed by atoms with Gasteiger partial charge < -0.3 is 15.8 Å². The van der Waals surface area contributed by atoms with Crippen LogP contribution in [0, 0.1) is 6.92 Å². The maximum absolute atomic E-state index is 11.8. The minimum atomic E-state index is -0.0387. The number of likely N-dealkylation sites (N-methyl/N-ethyl adjacent to an activating group) is 1. The second-order valence-corrected chi connectivity index (χ2v) is 4.70. The molecule has 0 atom stereocenters. The van der Waals surface area contributed by atoms with E-state index in [1.54, 1.807) is 13.2 Å². The quantitative estimate of drug-likeness (QED) is 0.579. The highest BCUT2D eigenvalue weighted by Crippen LogP contribution is 2.16. The van der Waals surface area contributed by atoms with Crippen molar-refractivity contribution >= 4 is 17.3 Å². The number of nitrogens with zero attached hydrogens (tertiary/aromatic N) is 1. The Hall–Kier alpha value is -1.59. The summed E-state index contributed by atoms with van der Waals surface area (Å²) >= 11 is 0. The summed E-state index contributed by atoms with van der Waals surface area (Å²) in [6.45, 7) is 3.83. The second-order valence-electron chi connectivity index (χ2n) is 4.70. The van der Waals surface area contributed by atoms with Gasteiger partial charge >= 0.3 is 0 Å². The normalized spacial score (nSPS) is 10.7. The average Bonchev–Trinajstić information content (AvgIpc) is 2.34. The molecular weight excluding hydrogens is 242 g/mol. The zero-order chi connectivity index (χ0) is 14.3. The van der Waals surface area contributed by atoms with Crippen LogP contribution in [0.15, 0.2) is 18.2 Å². The van der Waals surface area contributed by atoms with Crippen molar-refractivity contribution in [2.24, 2.45) is 0 Å². The van der Waals surface area contributed by atoms with E-state index in [2.05, 4.69) is 5.32 Å². The zero-order valence-electron chi connectivity index (χ0n) is 11.9. The molecule has 0 aliphatic rings. The molecule has 0 saturated heterocycles. The van der Waals surface area contributed by atoms with Crippen molar-refractivity contribution in [1.29, 1.82) is 0 Å². The van der Waals surface area contributed by atoms with Crippen molar-refractivity contribution in [3.8, 4) is 0 Å². The van der Waals surface area contributed by atoms with Gasteiger partial charge in [-0.05, 0) is 38.1 Å². The van der Waals surface area contributed by atoms with Crippen LogP contribution in [0.4, 0.5) is 11.4 Å². The Labute approximate surface area is 114 Å². The molecule has 106 valence electrons. The first-order valence-electron chi connectivity index (χ1n) is 6.36. The number of benzene rings is 1. The smallest absolute Gasteiger partial charge is 0.238 e. The summed E-state index contributed by atoms with van der Waals surface area (Å²) in [7, 11) is 3.59. The number of aryl methyl sites for hydroxylation is 1. The van der Waals surface area contributed by atoms with Crippen LogP contribution in [0.25, 0.3) is 0 Å². The molecule has 0 unspecified atom stereocenters. The number of ether oxygens (including phenoxy) is 1. The van der Waals surface area contributed by atoms with Crippen molar-refractivity contribution in [1.82, 2.24) is 4.90 Å². The summed E-state index contributed by atoms with van der Waals surface area (Å²) in [4.78, 5) is 13.8. The van der Waals surface area contributed by atoms with Gasteiger partial charge in [-0.2, -0.15) is 0 Å². The molecule has 0 spiro atoms. The number of rotatable bonds is 7. The van der Waals surface area contributed by atoms with Gasteiger partial charge in [0.15, 0.2) is 0 Å². The van der Waals surface area contributed by atoms with Gasteiger partial charge in [-0.15, -0.1) is 0 Å². The summed E-state index contributed by atoms with van der Waals surface area (Å²) < 4.78 is 4.98. The number of carbonyl (C=O) groups is 1. The van der Waals surface area contributed by atoms with E-state index in [-0.39, 0.29) is 5.91 Å². The second kappa shape index (κ2) is 7.76. The van der Waals surface area contributed by atoms with Crippen molar-refractivity contribution in [2.75, 3.05) is 44.9 Å². The lowest BCUT2D eigenvalue weighted by Gasteiger charge is -2.16. The molecule has 1 aromatic rings. The molecule has 1 aromatic carbocycles. The maximum Gasteiger partial charge on any atom is 0.238 e. The number of carbonyl (C=O) groups excluding carboxylic acids is 1. The van der Waals surface area contributed by atoms with E-state index in [1.807, 2.05) is 31.0 Å². The Kier molecular flexibility index (Phi) is 6.32. The van der Waals surface area contributed by atoms with Crippen LogP contribution in [0.5, 0.6) is 0 Å². The third kappa shape index (κ3) is 5.72. The monoisotopic (exact) mass is 265 g/mol. The number of amides is 1. The Morgan fingerprint density at radius 1 is 1.47 bits per heavy atom. The van der Waals surface area contributed by atoms with Gasteiger partial charge in [0.1, 0.15) is 0 Å². The Balaban J connectivity index is 2.39. The van der Waals surface area contributed by atoms with Crippen molar-refractivity contribution in [2.45, 2.75) is 13.3 Å². The average molecular weight is 265 g/mol. The molecule has 0 bridgehead atoms. The number of anilines is 2. The summed E-state index contributed by atoms with van der Waals surface area (Å²) in [5.74, 6) is -0.0387. The molecule has 0 saturated carbocycles. The molecular formula is C14H23N3O2. The molecule has 0 heterocycles. The van der Waals surface area contributed by atoms with Crippen molar-refractivity contribution in [3.63, 3.8) is 0 Å². The maximum atomic E-state index is 11.8. The molecule has 5 heteroatoms. The summed E-state index contributed by atoms with van der Waals surface area (Å²) in [5.41, 5.74) is 8.23. The van der Waals surface area contributed by atoms with E-state index >= 15 is 0 Å². The number of nitrogens with two attached hydrogens (primary N) is 1. The van der Waals surface area contributed by atoms with Crippen LogP contribution >= 0.6 is 0 Å². The fourth-order valence-corrected chi connectivity index (χ4v) is 1.72. The SMILES string of the molecule is COCCCN(C)CC(=O)Nc1ccc(C)c(N)c1. The number of methoxy groups -OCH3 is 1. The molecule has 19 heavy (non-hydrogen) atoms. The lowest BCUT2D eigenvalue weighted by molar-refractivity contribution is -0.117. The molecule has 0 aliphatic heterocycles. The molecule has 5 nitrogen and oxygen atoms in total. The number of hydrogen-bond acceptors (Lipinski definition) is 4. The molecule has 1 rings (SSSR count). The third-order valence-corrected chi connectivity index (χ3v) is 2.86. The Bertz CT molecular complexity index is 421. The fourth-order valence-electron chi connectivity index (χ4n) is 1.72. The highest BCUT2D eigenvalue weighted by molar-refractivity contribution is 5.92. The van der Waals surface area contributed by atoms with Gasteiger partial charge in [0.2, 0.25) is 5.91 Å². The van der Waals surface area contributed by atoms with E-state index in [0.717, 1.165) is 24.2 Å². The van der Waals surface area contributed by atoms with Crippen LogP contribution in [-0.4, -0.2) is 44.7 Å². The van der Waals surface area contributed by atoms with Gasteiger partial charge in [0.05, 0.1) is 6.54 Å². The largest absolute Gasteiger partial charge is 0.398 e. The fraction of sp³-hybridized carbons (Fsp3) is 0.500. The van der Waals surface area contributed by atoms with E-state index in [4.69, 9.17) is 10.5 Å². The van der Waals surface area contributed by atoms with E-state index < -0.39 is 0 Å². The number of hydrogen-bond donors (Lipinski definition) is 2. The first kappa shape index (κ1) is 15.5. The Morgan fingerprint density at radius 2 is 2.21 bits per heavy atom. The molecule has 0 radical (unpaired) electrons. The van der Waals surface area contributed by atoms with Crippen LogP contribution in [0.1, 0.15) is 12.0 Å². The van der Waals surface area contributed by atoms with E-state index in [9.17, 15) is 4.79 Å². The van der Waals surface area contributed by atoms with E-state index in [1.165, 1.54) is 0 Å². The summed E-state index contributed by atoms with van der Waals surface area (Å²) in [6, 6.07) is 5.53. The highest BCUT2D eigenvalue weighted by atomic mass is 16.5. The molecule has 0 fully saturated rings. The highest BCUT2D eigenvalue weighted by Gasteiger charge is 2.07. The van der Waals surface area contributed by atoms with Gasteiger partial charge in [0, 0.05) is 31.6 Å². The molecule has 0 aliphatic carbocycles. The van der Waals surface area contributed by atoms with E-state index in [0.29, 0.717) is 18.8 Å². The first-order chi connectivity index (χ1) is 9.02. The number of nitrogen functional groups attached to an aromatic ring is 1. The molecule has 3 N–H and O–H groups in total. The lowest BCUT2D eigenvalue weighted by Crippen LogP contribution is -2.31. The third-order valence-electron chi connectivity index (χ3n) is 2.86. The van der Waals surface area contributed by atoms with Gasteiger partial charge in [-0.1, -0.05) is 6.07 Å². The van der Waals surface area contributed by atoms with Gasteiger partial charge in [-0.3, -0.25) is 9.69 Å². The summed E-state index contributed by atoms with van der Waals surface area (Å²) in [6.07, 6.45) is 0.914. The Morgan fingerprint density at radius 3 is 2.84 bits per heavy atom. The van der Waals surface area contributed by atoms with Crippen LogP contribution in [0.2, 0.25) is 0 Å². The zero-order valence-corrected chi connectivity index (χ0v) is 11.9. The topological polar surface area (TPSA) is 67.6 Å². The van der Waals surface area contributed by atoms with Crippen LogP contribution in [0.3, 0.4) is 0 Å². The minimum Gasteiger partial charge on any atom is -0.398 e. The van der Waals surface area contributed by atoms with Gasteiger partial charge in [0.25, 0.3) is 0 Å². The molecule has 0 aromatic heterocycles. The first-order valence-corrected chi connectivity index (χ1v) is 6.36.